The molecule has 7 heteroatoms. The van der Waals surface area contributed by atoms with Crippen molar-refractivity contribution in [3.05, 3.63) is 21.9 Å². The minimum Gasteiger partial charge on any atom is -0.505 e. The Kier molecular flexibility index (Phi) is 3.00. The summed E-state index contributed by atoms with van der Waals surface area (Å²) in [7, 11) is 0. The molecule has 1 rings (SSSR count). The maximum Gasteiger partial charge on any atom is 0.281 e. The maximum atomic E-state index is 12.3. The molecule has 3 N–H and O–H groups in total. The number of hydrogen-bond acceptors (Lipinski definition) is 3. The molecule has 0 saturated carbocycles. The Hall–Kier alpha value is -1.24. The summed E-state index contributed by atoms with van der Waals surface area (Å²) >= 11 is 2.78. The smallest absolute Gasteiger partial charge is 0.281 e. The number of pyridine rings is 1. The van der Waals surface area contributed by atoms with E-state index in [1.54, 1.807) is 0 Å². The van der Waals surface area contributed by atoms with Crippen LogP contribution in [0.3, 0.4) is 0 Å². The minimum absolute atomic E-state index is 0.171. The molecule has 0 saturated heterocycles. The maximum absolute atomic E-state index is 12.3. The lowest BCUT2D eigenvalue weighted by molar-refractivity contribution is 0.0981. The Bertz CT molecular complexity index is 384. The Balaban J connectivity index is 3.45. The van der Waals surface area contributed by atoms with Crippen LogP contribution in [0.15, 0.2) is 10.7 Å². The molecular weight excluding hydrogens is 262 g/mol. The van der Waals surface area contributed by atoms with Gasteiger partial charge in [-0.2, -0.15) is 0 Å². The van der Waals surface area contributed by atoms with Crippen molar-refractivity contribution in [2.24, 2.45) is 5.73 Å². The molecular formula is C7H5BrF2N2O2. The Labute approximate surface area is 85.9 Å². The summed E-state index contributed by atoms with van der Waals surface area (Å²) in [5, 5.41) is 9.09. The van der Waals surface area contributed by atoms with Gasteiger partial charge in [0.05, 0.1) is 16.2 Å². The van der Waals surface area contributed by atoms with Gasteiger partial charge in [-0.25, -0.2) is 8.78 Å². The normalized spacial score (nSPS) is 10.6. The second-order valence-corrected chi connectivity index (χ2v) is 3.18. The van der Waals surface area contributed by atoms with Crippen LogP contribution in [0.5, 0.6) is 5.75 Å². The summed E-state index contributed by atoms with van der Waals surface area (Å²) < 4.78 is 24.5. The van der Waals surface area contributed by atoms with Gasteiger partial charge in [-0.05, 0) is 15.9 Å². The van der Waals surface area contributed by atoms with Crippen molar-refractivity contribution in [1.82, 2.24) is 4.98 Å². The van der Waals surface area contributed by atoms with E-state index >= 15 is 0 Å². The highest BCUT2D eigenvalue weighted by molar-refractivity contribution is 9.10. The van der Waals surface area contributed by atoms with E-state index in [2.05, 4.69) is 20.9 Å². The predicted molar refractivity (Wildman–Crippen MR) is 47.1 cm³/mol. The molecule has 1 heterocycles. The molecule has 0 radical (unpaired) electrons. The first-order valence-corrected chi connectivity index (χ1v) is 4.19. The van der Waals surface area contributed by atoms with Crippen LogP contribution in [0.25, 0.3) is 0 Å². The van der Waals surface area contributed by atoms with Crippen molar-refractivity contribution >= 4 is 21.8 Å². The predicted octanol–water partition coefficient (Wildman–Crippen LogP) is 1.59. The molecule has 1 aromatic rings. The zero-order valence-electron chi connectivity index (χ0n) is 6.67. The van der Waals surface area contributed by atoms with Crippen LogP contribution < -0.4 is 5.73 Å². The summed E-state index contributed by atoms with van der Waals surface area (Å²) in [6.07, 6.45) is -2.10. The number of primary amides is 1. The zero-order chi connectivity index (χ0) is 10.9. The van der Waals surface area contributed by atoms with Gasteiger partial charge in [-0.1, -0.05) is 0 Å². The number of carbonyl (C=O) groups excluding carboxylic acids is 1. The summed E-state index contributed by atoms with van der Waals surface area (Å²) in [6, 6.07) is 0. The fourth-order valence-corrected chi connectivity index (χ4v) is 1.39. The van der Waals surface area contributed by atoms with Gasteiger partial charge in [0, 0.05) is 0 Å². The van der Waals surface area contributed by atoms with Gasteiger partial charge in [0.1, 0.15) is 11.4 Å². The number of nitrogens with zero attached hydrogens (tertiary/aromatic N) is 1. The average molecular weight is 267 g/mol. The quantitative estimate of drug-likeness (QED) is 0.854. The van der Waals surface area contributed by atoms with Gasteiger partial charge in [0.25, 0.3) is 12.3 Å². The minimum atomic E-state index is -2.92. The van der Waals surface area contributed by atoms with E-state index in [1.807, 2.05) is 0 Å². The van der Waals surface area contributed by atoms with Crippen LogP contribution in [0.2, 0.25) is 0 Å². The number of rotatable bonds is 2. The zero-order valence-corrected chi connectivity index (χ0v) is 8.25. The highest BCUT2D eigenvalue weighted by Gasteiger charge is 2.23. The van der Waals surface area contributed by atoms with E-state index in [0.717, 1.165) is 6.20 Å². The lowest BCUT2D eigenvalue weighted by atomic mass is 10.2. The van der Waals surface area contributed by atoms with Crippen molar-refractivity contribution in [3.63, 3.8) is 0 Å². The lowest BCUT2D eigenvalue weighted by Crippen LogP contribution is -2.16. The average Bonchev–Trinajstić information content (AvgIpc) is 2.08. The van der Waals surface area contributed by atoms with Gasteiger partial charge in [0.15, 0.2) is 0 Å². The summed E-state index contributed by atoms with van der Waals surface area (Å²) in [6.45, 7) is 0. The summed E-state index contributed by atoms with van der Waals surface area (Å²) in [4.78, 5) is 14.0. The SMILES string of the molecule is NC(=O)c1c(C(F)F)ncc(O)c1Br. The molecule has 0 aromatic carbocycles. The highest BCUT2D eigenvalue weighted by Crippen LogP contribution is 2.32. The van der Waals surface area contributed by atoms with Crippen molar-refractivity contribution < 1.29 is 18.7 Å². The third kappa shape index (κ3) is 1.82. The number of aromatic hydroxyl groups is 1. The molecule has 14 heavy (non-hydrogen) atoms. The molecule has 0 aliphatic heterocycles. The molecule has 0 fully saturated rings. The monoisotopic (exact) mass is 266 g/mol. The van der Waals surface area contributed by atoms with Gasteiger partial charge < -0.3 is 10.8 Å². The number of amides is 1. The second-order valence-electron chi connectivity index (χ2n) is 2.38. The Morgan fingerprint density at radius 2 is 2.21 bits per heavy atom. The molecule has 76 valence electrons. The molecule has 1 aromatic heterocycles. The lowest BCUT2D eigenvalue weighted by Gasteiger charge is -2.07. The van der Waals surface area contributed by atoms with Crippen LogP contribution in [0.1, 0.15) is 22.5 Å². The van der Waals surface area contributed by atoms with E-state index in [1.165, 1.54) is 0 Å². The van der Waals surface area contributed by atoms with Crippen molar-refractivity contribution in [1.29, 1.82) is 0 Å². The van der Waals surface area contributed by atoms with Crippen LogP contribution in [0, 0.1) is 0 Å². The number of hydrogen-bond donors (Lipinski definition) is 2. The molecule has 0 atom stereocenters. The van der Waals surface area contributed by atoms with E-state index < -0.39 is 29.3 Å². The van der Waals surface area contributed by atoms with Crippen LogP contribution in [-0.2, 0) is 0 Å². The van der Waals surface area contributed by atoms with E-state index in [4.69, 9.17) is 10.8 Å². The van der Waals surface area contributed by atoms with Gasteiger partial charge >= 0.3 is 0 Å². The largest absolute Gasteiger partial charge is 0.505 e. The van der Waals surface area contributed by atoms with Gasteiger partial charge in [0.2, 0.25) is 0 Å². The standard InChI is InChI=1S/C7H5BrF2N2O2/c8-4-2(13)1-12-5(6(9)10)3(4)7(11)14/h1,6,13H,(H2,11,14). The third-order valence-electron chi connectivity index (χ3n) is 1.48. The van der Waals surface area contributed by atoms with Crippen LogP contribution in [-0.4, -0.2) is 16.0 Å². The fraction of sp³-hybridized carbons (Fsp3) is 0.143. The molecule has 1 amide bonds. The fourth-order valence-electron chi connectivity index (χ4n) is 0.892. The molecule has 0 aliphatic rings. The third-order valence-corrected chi connectivity index (χ3v) is 2.28. The molecule has 0 spiro atoms. The molecule has 0 unspecified atom stereocenters. The van der Waals surface area contributed by atoms with Crippen molar-refractivity contribution in [2.45, 2.75) is 6.43 Å². The number of alkyl halides is 2. The van der Waals surface area contributed by atoms with E-state index in [9.17, 15) is 13.6 Å². The molecule has 4 nitrogen and oxygen atoms in total. The molecule has 0 bridgehead atoms. The number of nitrogens with two attached hydrogens (primary N) is 1. The van der Waals surface area contributed by atoms with Crippen LogP contribution in [0.4, 0.5) is 8.78 Å². The van der Waals surface area contributed by atoms with Gasteiger partial charge in [-0.15, -0.1) is 0 Å². The highest BCUT2D eigenvalue weighted by atomic mass is 79.9. The van der Waals surface area contributed by atoms with E-state index in [-0.39, 0.29) is 4.47 Å². The number of carbonyl (C=O) groups is 1. The second kappa shape index (κ2) is 3.87. The van der Waals surface area contributed by atoms with E-state index in [0.29, 0.717) is 0 Å². The Morgan fingerprint density at radius 1 is 1.64 bits per heavy atom. The first-order chi connectivity index (χ1) is 6.45. The van der Waals surface area contributed by atoms with Crippen LogP contribution >= 0.6 is 15.9 Å². The first-order valence-electron chi connectivity index (χ1n) is 3.40. The molecule has 0 aliphatic carbocycles. The first kappa shape index (κ1) is 10.8. The number of aromatic nitrogens is 1. The summed E-state index contributed by atoms with van der Waals surface area (Å²) in [5.41, 5.74) is 3.62. The van der Waals surface area contributed by atoms with Crippen molar-refractivity contribution in [2.75, 3.05) is 0 Å². The summed E-state index contributed by atoms with van der Waals surface area (Å²) in [5.74, 6) is -1.49. The number of halogens is 3. The van der Waals surface area contributed by atoms with Gasteiger partial charge in [-0.3, -0.25) is 9.78 Å². The Morgan fingerprint density at radius 3 is 2.64 bits per heavy atom. The van der Waals surface area contributed by atoms with Crippen molar-refractivity contribution in [3.8, 4) is 5.75 Å². The topological polar surface area (TPSA) is 76.2 Å².